The van der Waals surface area contributed by atoms with Crippen LogP contribution in [0.25, 0.3) is 9.81 Å². The first kappa shape index (κ1) is 17.3. The molecule has 0 bridgehead atoms. The molecule has 0 aliphatic carbocycles. The van der Waals surface area contributed by atoms with Gasteiger partial charge in [0.1, 0.15) is 0 Å². The Kier molecular flexibility index (Phi) is 5.78. The highest BCUT2D eigenvalue weighted by molar-refractivity contribution is 8.17. The van der Waals surface area contributed by atoms with E-state index >= 15 is 0 Å². The summed E-state index contributed by atoms with van der Waals surface area (Å²) in [6, 6.07) is 20.4. The molecule has 0 unspecified atom stereocenters. The summed E-state index contributed by atoms with van der Waals surface area (Å²) in [5, 5.41) is 3.29. The second-order valence-electron chi connectivity index (χ2n) is 5.79. The molecule has 0 saturated carbocycles. The molecule has 0 radical (unpaired) electrons. The Labute approximate surface area is 148 Å². The summed E-state index contributed by atoms with van der Waals surface area (Å²) in [4.78, 5) is 2.12. The maximum absolute atomic E-state index is 13.4. The SMILES string of the molecule is CCCCNP1(=O)C=C(c2ccccc2)SC(c2ccccc2)=C1. The lowest BCUT2D eigenvalue weighted by Crippen LogP contribution is -2.10. The maximum atomic E-state index is 13.4. The fourth-order valence-electron chi connectivity index (χ4n) is 2.55. The highest BCUT2D eigenvalue weighted by atomic mass is 32.2. The molecule has 2 aromatic carbocycles. The first-order valence-electron chi connectivity index (χ1n) is 8.29. The monoisotopic (exact) mass is 355 g/mol. The van der Waals surface area contributed by atoms with Crippen LogP contribution in [0.4, 0.5) is 0 Å². The van der Waals surface area contributed by atoms with Crippen LogP contribution in [0.15, 0.2) is 72.3 Å². The molecule has 24 heavy (non-hydrogen) atoms. The van der Waals surface area contributed by atoms with E-state index in [2.05, 4.69) is 36.3 Å². The largest absolute Gasteiger partial charge is 0.298 e. The van der Waals surface area contributed by atoms with Gasteiger partial charge in [0.2, 0.25) is 0 Å². The molecule has 1 heterocycles. The smallest absolute Gasteiger partial charge is 0.192 e. The summed E-state index contributed by atoms with van der Waals surface area (Å²) in [5.41, 5.74) is 2.23. The number of unbranched alkanes of at least 4 members (excludes halogenated alkanes) is 1. The molecule has 4 heteroatoms. The topological polar surface area (TPSA) is 29.1 Å². The Bertz CT molecular complexity index is 724. The van der Waals surface area contributed by atoms with Crippen molar-refractivity contribution in [2.24, 2.45) is 0 Å². The van der Waals surface area contributed by atoms with Gasteiger partial charge in [0.15, 0.2) is 7.29 Å². The lowest BCUT2D eigenvalue weighted by Gasteiger charge is -2.22. The Morgan fingerprint density at radius 1 is 0.875 bits per heavy atom. The van der Waals surface area contributed by atoms with Crippen molar-refractivity contribution in [3.63, 3.8) is 0 Å². The van der Waals surface area contributed by atoms with Gasteiger partial charge in [-0.15, -0.1) is 0 Å². The number of hydrogen-bond acceptors (Lipinski definition) is 2. The Balaban J connectivity index is 1.96. The summed E-state index contributed by atoms with van der Waals surface area (Å²) in [6.07, 6.45) is 2.12. The van der Waals surface area contributed by atoms with Crippen LogP contribution in [-0.2, 0) is 4.57 Å². The zero-order valence-corrected chi connectivity index (χ0v) is 15.5. The van der Waals surface area contributed by atoms with Gasteiger partial charge in [-0.1, -0.05) is 85.8 Å². The average Bonchev–Trinajstić information content (AvgIpc) is 2.63. The van der Waals surface area contributed by atoms with E-state index in [4.69, 9.17) is 0 Å². The van der Waals surface area contributed by atoms with E-state index in [9.17, 15) is 4.57 Å². The number of rotatable bonds is 6. The van der Waals surface area contributed by atoms with Crippen molar-refractivity contribution in [3.8, 4) is 0 Å². The van der Waals surface area contributed by atoms with Gasteiger partial charge in [-0.25, -0.2) is 0 Å². The molecule has 1 aliphatic rings. The molecule has 0 aromatic heterocycles. The minimum absolute atomic E-state index is 0.773. The third-order valence-electron chi connectivity index (χ3n) is 3.84. The van der Waals surface area contributed by atoms with Gasteiger partial charge in [-0.05, 0) is 17.5 Å². The van der Waals surface area contributed by atoms with Crippen molar-refractivity contribution in [1.82, 2.24) is 5.09 Å². The standard InChI is InChI=1S/C20H22NOPS/c1-2-3-14-21-23(22)15-19(17-10-6-4-7-11-17)24-20(16-23)18-12-8-5-9-13-18/h4-13,15-16H,2-3,14H2,1H3,(H,21,22). The minimum Gasteiger partial charge on any atom is -0.298 e. The summed E-state index contributed by atoms with van der Waals surface area (Å²) in [5.74, 6) is 3.85. The van der Waals surface area contributed by atoms with Crippen LogP contribution in [0, 0.1) is 0 Å². The second-order valence-corrected chi connectivity index (χ2v) is 9.13. The molecule has 0 fully saturated rings. The normalized spacial score (nSPS) is 16.4. The first-order chi connectivity index (χ1) is 11.7. The van der Waals surface area contributed by atoms with Crippen molar-refractivity contribution in [3.05, 3.63) is 83.4 Å². The van der Waals surface area contributed by atoms with Crippen LogP contribution in [0.5, 0.6) is 0 Å². The van der Waals surface area contributed by atoms with Gasteiger partial charge >= 0.3 is 0 Å². The molecule has 1 N–H and O–H groups in total. The van der Waals surface area contributed by atoms with Crippen molar-refractivity contribution in [2.75, 3.05) is 6.54 Å². The fraction of sp³-hybridized carbons (Fsp3) is 0.200. The zero-order chi connectivity index (χ0) is 16.8. The van der Waals surface area contributed by atoms with E-state index in [1.54, 1.807) is 11.8 Å². The highest BCUT2D eigenvalue weighted by Gasteiger charge is 2.25. The van der Waals surface area contributed by atoms with Gasteiger partial charge in [0.25, 0.3) is 0 Å². The minimum atomic E-state index is -2.68. The summed E-state index contributed by atoms with van der Waals surface area (Å²) in [7, 11) is -2.68. The van der Waals surface area contributed by atoms with Crippen LogP contribution < -0.4 is 5.09 Å². The summed E-state index contributed by atoms with van der Waals surface area (Å²) >= 11 is 1.69. The van der Waals surface area contributed by atoms with Gasteiger partial charge in [-0.3, -0.25) is 9.65 Å². The molecule has 124 valence electrons. The zero-order valence-electron chi connectivity index (χ0n) is 13.8. The van der Waals surface area contributed by atoms with E-state index in [1.807, 2.05) is 48.0 Å². The Hall–Kier alpha value is -1.54. The molecular formula is C20H22NOPS. The van der Waals surface area contributed by atoms with Crippen molar-refractivity contribution >= 4 is 28.9 Å². The van der Waals surface area contributed by atoms with Gasteiger partial charge in [0.05, 0.1) is 0 Å². The average molecular weight is 355 g/mol. The lowest BCUT2D eigenvalue weighted by atomic mass is 10.2. The predicted molar refractivity (Wildman–Crippen MR) is 107 cm³/mol. The van der Waals surface area contributed by atoms with E-state index in [-0.39, 0.29) is 0 Å². The molecule has 2 aromatic rings. The number of thioether (sulfide) groups is 1. The molecule has 0 saturated heterocycles. The fourth-order valence-corrected chi connectivity index (χ4v) is 6.42. The van der Waals surface area contributed by atoms with Gasteiger partial charge < -0.3 is 0 Å². The third kappa shape index (κ3) is 4.30. The quantitative estimate of drug-likeness (QED) is 0.480. The lowest BCUT2D eigenvalue weighted by molar-refractivity contribution is 0.575. The van der Waals surface area contributed by atoms with Crippen molar-refractivity contribution < 1.29 is 4.57 Å². The van der Waals surface area contributed by atoms with E-state index in [0.29, 0.717) is 0 Å². The number of benzene rings is 2. The highest BCUT2D eigenvalue weighted by Crippen LogP contribution is 2.58. The summed E-state index contributed by atoms with van der Waals surface area (Å²) in [6.45, 7) is 2.92. The van der Waals surface area contributed by atoms with Crippen molar-refractivity contribution in [2.45, 2.75) is 19.8 Å². The molecule has 3 rings (SSSR count). The molecule has 1 aliphatic heterocycles. The van der Waals surface area contributed by atoms with Crippen LogP contribution in [0.1, 0.15) is 30.9 Å². The molecule has 0 amide bonds. The van der Waals surface area contributed by atoms with Gasteiger partial charge in [0, 0.05) is 28.0 Å². The Morgan fingerprint density at radius 3 is 1.83 bits per heavy atom. The second kappa shape index (κ2) is 8.02. The van der Waals surface area contributed by atoms with Gasteiger partial charge in [-0.2, -0.15) is 0 Å². The Morgan fingerprint density at radius 2 is 1.38 bits per heavy atom. The predicted octanol–water partition coefficient (Wildman–Crippen LogP) is 6.40. The summed E-state index contributed by atoms with van der Waals surface area (Å²) < 4.78 is 13.4. The van der Waals surface area contributed by atoms with Crippen LogP contribution in [-0.4, -0.2) is 6.54 Å². The molecular weight excluding hydrogens is 333 g/mol. The van der Waals surface area contributed by atoms with E-state index < -0.39 is 7.29 Å². The first-order valence-corrected chi connectivity index (χ1v) is 11.0. The van der Waals surface area contributed by atoms with Crippen LogP contribution in [0.3, 0.4) is 0 Å². The van der Waals surface area contributed by atoms with Crippen LogP contribution in [0.2, 0.25) is 0 Å². The van der Waals surface area contributed by atoms with E-state index in [1.165, 1.54) is 0 Å². The third-order valence-corrected chi connectivity index (χ3v) is 7.34. The molecule has 2 nitrogen and oxygen atoms in total. The molecule has 0 spiro atoms. The van der Waals surface area contributed by atoms with Crippen LogP contribution >= 0.6 is 19.1 Å². The molecule has 0 atom stereocenters. The maximum Gasteiger partial charge on any atom is 0.192 e. The van der Waals surface area contributed by atoms with Crippen molar-refractivity contribution in [1.29, 1.82) is 0 Å². The number of hydrogen-bond donors (Lipinski definition) is 1. The number of nitrogens with one attached hydrogen (secondary N) is 1. The van der Waals surface area contributed by atoms with E-state index in [0.717, 1.165) is 40.3 Å².